The maximum atomic E-state index is 11.2. The number of nitrogens with zero attached hydrogens (tertiary/aromatic N) is 2. The molecule has 4 heteroatoms. The molecule has 0 aliphatic heterocycles. The third-order valence-corrected chi connectivity index (χ3v) is 1.95. The van der Waals surface area contributed by atoms with Crippen LogP contribution in [0.15, 0.2) is 35.3 Å². The molecule has 0 saturated carbocycles. The molecule has 0 spiro atoms. The molecular weight excluding hydrogens is 190 g/mol. The fourth-order valence-electron chi connectivity index (χ4n) is 0.994. The van der Waals surface area contributed by atoms with Gasteiger partial charge in [-0.2, -0.15) is 0 Å². The van der Waals surface area contributed by atoms with Crippen LogP contribution in [0.25, 0.3) is 0 Å². The average Bonchev–Trinajstić information content (AvgIpc) is 2.26. The average molecular weight is 205 g/mol. The van der Waals surface area contributed by atoms with Crippen LogP contribution in [0.2, 0.25) is 0 Å². The number of rotatable bonds is 3. The van der Waals surface area contributed by atoms with Crippen molar-refractivity contribution in [2.24, 2.45) is 10.7 Å². The quantitative estimate of drug-likeness (QED) is 0.576. The molecule has 0 aliphatic rings. The van der Waals surface area contributed by atoms with Gasteiger partial charge in [0.1, 0.15) is 12.4 Å². The molecule has 4 nitrogen and oxygen atoms in total. The summed E-state index contributed by atoms with van der Waals surface area (Å²) in [6, 6.07) is 9.39. The van der Waals surface area contributed by atoms with E-state index in [0.717, 1.165) is 5.56 Å². The van der Waals surface area contributed by atoms with Crippen LogP contribution in [0.4, 0.5) is 0 Å². The number of aliphatic imine (C=N–C) groups is 1. The molecule has 80 valence electrons. The zero-order valence-corrected chi connectivity index (χ0v) is 8.97. The molecule has 0 radical (unpaired) electrons. The van der Waals surface area contributed by atoms with E-state index in [-0.39, 0.29) is 12.5 Å². The van der Waals surface area contributed by atoms with E-state index in [2.05, 4.69) is 4.99 Å². The van der Waals surface area contributed by atoms with Crippen molar-refractivity contribution >= 4 is 11.7 Å². The molecule has 1 rings (SSSR count). The number of benzene rings is 1. The summed E-state index contributed by atoms with van der Waals surface area (Å²) < 4.78 is 0. The van der Waals surface area contributed by atoms with E-state index in [1.165, 1.54) is 4.90 Å². The second kappa shape index (κ2) is 5.14. The van der Waals surface area contributed by atoms with Crippen LogP contribution < -0.4 is 5.73 Å². The van der Waals surface area contributed by atoms with Gasteiger partial charge in [-0.05, 0) is 0 Å². The Hall–Kier alpha value is -1.84. The van der Waals surface area contributed by atoms with E-state index in [1.54, 1.807) is 14.1 Å². The summed E-state index contributed by atoms with van der Waals surface area (Å²) in [4.78, 5) is 16.7. The first-order chi connectivity index (χ1) is 7.11. The normalized spacial score (nSPS) is 11.2. The predicted octanol–water partition coefficient (Wildman–Crippen LogP) is 0.480. The smallest absolute Gasteiger partial charge is 0.243 e. The van der Waals surface area contributed by atoms with E-state index in [1.807, 2.05) is 30.3 Å². The van der Waals surface area contributed by atoms with Gasteiger partial charge < -0.3 is 10.6 Å². The van der Waals surface area contributed by atoms with Crippen molar-refractivity contribution in [2.45, 2.75) is 0 Å². The van der Waals surface area contributed by atoms with E-state index in [9.17, 15) is 4.79 Å². The monoisotopic (exact) mass is 205 g/mol. The molecule has 1 amide bonds. The minimum absolute atomic E-state index is 0.0612. The van der Waals surface area contributed by atoms with Crippen LogP contribution in [-0.4, -0.2) is 37.3 Å². The van der Waals surface area contributed by atoms with Crippen molar-refractivity contribution in [3.8, 4) is 0 Å². The first kappa shape index (κ1) is 11.2. The zero-order chi connectivity index (χ0) is 11.3. The van der Waals surface area contributed by atoms with Crippen LogP contribution in [0.3, 0.4) is 0 Å². The lowest BCUT2D eigenvalue weighted by Crippen LogP contribution is -2.25. The van der Waals surface area contributed by atoms with Gasteiger partial charge in [-0.15, -0.1) is 0 Å². The van der Waals surface area contributed by atoms with Crippen LogP contribution in [0.5, 0.6) is 0 Å². The lowest BCUT2D eigenvalue weighted by Gasteiger charge is -2.07. The van der Waals surface area contributed by atoms with E-state index >= 15 is 0 Å². The van der Waals surface area contributed by atoms with Crippen LogP contribution >= 0.6 is 0 Å². The summed E-state index contributed by atoms with van der Waals surface area (Å²) in [5.41, 5.74) is 6.56. The lowest BCUT2D eigenvalue weighted by molar-refractivity contribution is -0.127. The molecule has 0 aromatic heterocycles. The maximum absolute atomic E-state index is 11.2. The van der Waals surface area contributed by atoms with Gasteiger partial charge in [0.2, 0.25) is 5.91 Å². The molecule has 2 N–H and O–H groups in total. The second-order valence-corrected chi connectivity index (χ2v) is 3.36. The van der Waals surface area contributed by atoms with Gasteiger partial charge in [0.15, 0.2) is 0 Å². The van der Waals surface area contributed by atoms with Gasteiger partial charge in [0, 0.05) is 19.7 Å². The highest BCUT2D eigenvalue weighted by molar-refractivity contribution is 5.98. The Labute approximate surface area is 89.4 Å². The number of hydrogen-bond acceptors (Lipinski definition) is 2. The molecule has 1 aromatic rings. The summed E-state index contributed by atoms with van der Waals surface area (Å²) in [6.45, 7) is 0.0910. The summed E-state index contributed by atoms with van der Waals surface area (Å²) in [6.07, 6.45) is 0. The highest BCUT2D eigenvalue weighted by Gasteiger charge is 2.02. The standard InChI is InChI=1S/C11H15N3O/c1-14(2)10(15)8-13-11(12)9-6-4-3-5-7-9/h3-7H,8H2,1-2H3,(H2,12,13). The van der Waals surface area contributed by atoms with Crippen LogP contribution in [-0.2, 0) is 4.79 Å². The van der Waals surface area contributed by atoms with Crippen molar-refractivity contribution in [3.63, 3.8) is 0 Å². The first-order valence-electron chi connectivity index (χ1n) is 4.66. The fourth-order valence-corrected chi connectivity index (χ4v) is 0.994. The van der Waals surface area contributed by atoms with Crippen molar-refractivity contribution < 1.29 is 4.79 Å². The third kappa shape index (κ3) is 3.42. The van der Waals surface area contributed by atoms with E-state index in [4.69, 9.17) is 5.73 Å². The van der Waals surface area contributed by atoms with Crippen molar-refractivity contribution in [3.05, 3.63) is 35.9 Å². The molecule has 0 aliphatic carbocycles. The van der Waals surface area contributed by atoms with E-state index < -0.39 is 0 Å². The molecule has 15 heavy (non-hydrogen) atoms. The van der Waals surface area contributed by atoms with Gasteiger partial charge in [0.05, 0.1) is 0 Å². The minimum atomic E-state index is -0.0612. The highest BCUT2D eigenvalue weighted by Crippen LogP contribution is 1.97. The lowest BCUT2D eigenvalue weighted by atomic mass is 10.2. The van der Waals surface area contributed by atoms with Gasteiger partial charge in [-0.25, -0.2) is 0 Å². The predicted molar refractivity (Wildman–Crippen MR) is 60.7 cm³/mol. The van der Waals surface area contributed by atoms with Crippen molar-refractivity contribution in [2.75, 3.05) is 20.6 Å². The van der Waals surface area contributed by atoms with Gasteiger partial charge in [-0.3, -0.25) is 9.79 Å². The van der Waals surface area contributed by atoms with Crippen molar-refractivity contribution in [1.82, 2.24) is 4.90 Å². The summed E-state index contributed by atoms with van der Waals surface area (Å²) in [5, 5.41) is 0. The third-order valence-electron chi connectivity index (χ3n) is 1.95. The Kier molecular flexibility index (Phi) is 3.85. The number of amides is 1. The second-order valence-electron chi connectivity index (χ2n) is 3.36. The Bertz CT molecular complexity index is 357. The molecule has 1 aromatic carbocycles. The summed E-state index contributed by atoms with van der Waals surface area (Å²) >= 11 is 0. The Morgan fingerprint density at radius 2 is 1.93 bits per heavy atom. The Balaban J connectivity index is 2.65. The molecule has 0 heterocycles. The Morgan fingerprint density at radius 1 is 1.33 bits per heavy atom. The minimum Gasteiger partial charge on any atom is -0.383 e. The number of carbonyl (C=O) groups is 1. The van der Waals surface area contributed by atoms with Crippen molar-refractivity contribution in [1.29, 1.82) is 0 Å². The number of nitrogens with two attached hydrogens (primary N) is 1. The molecule has 0 atom stereocenters. The largest absolute Gasteiger partial charge is 0.383 e. The van der Waals surface area contributed by atoms with E-state index in [0.29, 0.717) is 5.84 Å². The molecule has 0 bridgehead atoms. The number of hydrogen-bond donors (Lipinski definition) is 1. The zero-order valence-electron chi connectivity index (χ0n) is 8.97. The maximum Gasteiger partial charge on any atom is 0.243 e. The molecule has 0 unspecified atom stereocenters. The van der Waals surface area contributed by atoms with Gasteiger partial charge in [-0.1, -0.05) is 30.3 Å². The SMILES string of the molecule is CN(C)C(=O)CN=C(N)c1ccccc1. The molecule has 0 fully saturated rings. The number of carbonyl (C=O) groups excluding carboxylic acids is 1. The topological polar surface area (TPSA) is 58.7 Å². The Morgan fingerprint density at radius 3 is 2.47 bits per heavy atom. The molecular formula is C11H15N3O. The van der Waals surface area contributed by atoms with Crippen LogP contribution in [0, 0.1) is 0 Å². The summed E-state index contributed by atoms with van der Waals surface area (Å²) in [5.74, 6) is 0.333. The van der Waals surface area contributed by atoms with Gasteiger partial charge >= 0.3 is 0 Å². The number of likely N-dealkylation sites (N-methyl/N-ethyl adjacent to an activating group) is 1. The number of amidine groups is 1. The van der Waals surface area contributed by atoms with Gasteiger partial charge in [0.25, 0.3) is 0 Å². The first-order valence-corrected chi connectivity index (χ1v) is 4.66. The fraction of sp³-hybridized carbons (Fsp3) is 0.273. The highest BCUT2D eigenvalue weighted by atomic mass is 16.2. The molecule has 0 saturated heterocycles. The summed E-state index contributed by atoms with van der Waals surface area (Å²) in [7, 11) is 3.38. The van der Waals surface area contributed by atoms with Crippen LogP contribution in [0.1, 0.15) is 5.56 Å².